The number of nitrogens with one attached hydrogen (secondary N) is 1. The number of aliphatic carboxylic acids is 1. The van der Waals surface area contributed by atoms with Crippen molar-refractivity contribution in [3.63, 3.8) is 0 Å². The van der Waals surface area contributed by atoms with Crippen molar-refractivity contribution >= 4 is 11.9 Å². The highest BCUT2D eigenvalue weighted by Gasteiger charge is 2.35. The molecule has 2 rings (SSSR count). The van der Waals surface area contributed by atoms with Gasteiger partial charge in [0.2, 0.25) is 0 Å². The molecule has 144 valence electrons. The summed E-state index contributed by atoms with van der Waals surface area (Å²) in [7, 11) is 2.68. The maximum atomic E-state index is 14.4. The molecule has 27 heavy (non-hydrogen) atoms. The van der Waals surface area contributed by atoms with Crippen molar-refractivity contribution in [2.45, 2.75) is 12.5 Å². The summed E-state index contributed by atoms with van der Waals surface area (Å²) in [4.78, 5) is 23.6. The summed E-state index contributed by atoms with van der Waals surface area (Å²) in [6.07, 6.45) is 0. The molecule has 1 unspecified atom stereocenters. The van der Waals surface area contributed by atoms with Gasteiger partial charge in [-0.1, -0.05) is 6.07 Å². The van der Waals surface area contributed by atoms with E-state index in [1.54, 1.807) is 0 Å². The van der Waals surface area contributed by atoms with Crippen LogP contribution in [0.2, 0.25) is 0 Å². The van der Waals surface area contributed by atoms with Gasteiger partial charge in [-0.2, -0.15) is 0 Å². The summed E-state index contributed by atoms with van der Waals surface area (Å²) in [5.41, 5.74) is -1.73. The van der Waals surface area contributed by atoms with E-state index in [1.165, 1.54) is 45.4 Å². The number of benzene rings is 2. The van der Waals surface area contributed by atoms with Gasteiger partial charge >= 0.3 is 5.97 Å². The van der Waals surface area contributed by atoms with Gasteiger partial charge in [0, 0.05) is 18.7 Å². The number of hydrogen-bond donors (Lipinski definition) is 2. The van der Waals surface area contributed by atoms with E-state index < -0.39 is 29.0 Å². The fraction of sp³-hybridized carbons (Fsp3) is 0.263. The smallest absolute Gasteiger partial charge is 0.331 e. The monoisotopic (exact) mass is 379 g/mol. The van der Waals surface area contributed by atoms with Crippen molar-refractivity contribution < 1.29 is 33.0 Å². The normalized spacial score (nSPS) is 12.9. The maximum absolute atomic E-state index is 14.4. The van der Waals surface area contributed by atoms with Crippen LogP contribution >= 0.6 is 0 Å². The number of amides is 1. The Morgan fingerprint density at radius 1 is 1.11 bits per heavy atom. The van der Waals surface area contributed by atoms with Crippen LogP contribution in [0, 0.1) is 11.6 Å². The van der Waals surface area contributed by atoms with Crippen LogP contribution in [0.4, 0.5) is 8.78 Å². The number of rotatable bonds is 7. The molecule has 0 heterocycles. The molecule has 0 saturated carbocycles. The fourth-order valence-electron chi connectivity index (χ4n) is 2.48. The molecule has 0 aliphatic rings. The zero-order chi connectivity index (χ0) is 20.2. The molecule has 0 fully saturated rings. The third kappa shape index (κ3) is 4.40. The number of halogens is 2. The second-order valence-electron chi connectivity index (χ2n) is 6.06. The van der Waals surface area contributed by atoms with Crippen LogP contribution in [-0.4, -0.2) is 43.3 Å². The Morgan fingerprint density at radius 2 is 1.81 bits per heavy atom. The average molecular weight is 379 g/mol. The number of methoxy groups -OCH3 is 2. The predicted octanol–water partition coefficient (Wildman–Crippen LogP) is 2.86. The van der Waals surface area contributed by atoms with Crippen LogP contribution in [0.15, 0.2) is 36.4 Å². The second kappa shape index (κ2) is 8.13. The lowest BCUT2D eigenvalue weighted by atomic mass is 10.0. The molecule has 0 aliphatic carbocycles. The molecular weight excluding hydrogens is 360 g/mol. The van der Waals surface area contributed by atoms with Crippen molar-refractivity contribution in [3.05, 3.63) is 53.6 Å². The van der Waals surface area contributed by atoms with Gasteiger partial charge in [-0.05, 0) is 36.8 Å². The first-order valence-corrected chi connectivity index (χ1v) is 7.90. The van der Waals surface area contributed by atoms with Crippen LogP contribution in [0.1, 0.15) is 17.3 Å². The fourth-order valence-corrected chi connectivity index (χ4v) is 2.48. The van der Waals surface area contributed by atoms with E-state index in [1.807, 2.05) is 0 Å². The Labute approximate surface area is 154 Å². The topological polar surface area (TPSA) is 84.9 Å². The van der Waals surface area contributed by atoms with Gasteiger partial charge in [0.1, 0.15) is 17.4 Å². The number of carbonyl (C=O) groups is 2. The summed E-state index contributed by atoms with van der Waals surface area (Å²) in [6, 6.07) is 7.67. The quantitative estimate of drug-likeness (QED) is 0.773. The summed E-state index contributed by atoms with van der Waals surface area (Å²) in [5.74, 6) is -3.44. The molecule has 0 spiro atoms. The van der Waals surface area contributed by atoms with Crippen molar-refractivity contribution in [1.82, 2.24) is 5.32 Å². The van der Waals surface area contributed by atoms with Gasteiger partial charge in [0.05, 0.1) is 19.3 Å². The van der Waals surface area contributed by atoms with Gasteiger partial charge in [-0.15, -0.1) is 0 Å². The summed E-state index contributed by atoms with van der Waals surface area (Å²) < 4.78 is 38.3. The Bertz CT molecular complexity index is 871. The minimum Gasteiger partial charge on any atom is -0.497 e. The van der Waals surface area contributed by atoms with Crippen LogP contribution in [0.25, 0.3) is 11.1 Å². The zero-order valence-corrected chi connectivity index (χ0v) is 15.0. The molecule has 0 aliphatic heterocycles. The Morgan fingerprint density at radius 3 is 2.33 bits per heavy atom. The molecule has 2 N–H and O–H groups in total. The Balaban J connectivity index is 2.31. The predicted molar refractivity (Wildman–Crippen MR) is 93.7 cm³/mol. The standard InChI is InChI=1S/C19H19F2NO5/c1-19(10-26-2,18(24)25)22-17(23)14-6-4-11(8-15(14)20)13-7-5-12(27-3)9-16(13)21/h4-9H,10H2,1-3H3,(H,22,23)(H,24,25). The summed E-state index contributed by atoms with van der Waals surface area (Å²) in [6.45, 7) is 0.945. The van der Waals surface area contributed by atoms with E-state index in [-0.39, 0.29) is 23.3 Å². The highest BCUT2D eigenvalue weighted by molar-refractivity contribution is 5.98. The van der Waals surface area contributed by atoms with Crippen molar-refractivity contribution in [2.24, 2.45) is 0 Å². The first-order chi connectivity index (χ1) is 12.7. The van der Waals surface area contributed by atoms with Crippen LogP contribution in [0.3, 0.4) is 0 Å². The van der Waals surface area contributed by atoms with Gasteiger partial charge in [-0.25, -0.2) is 13.6 Å². The highest BCUT2D eigenvalue weighted by Crippen LogP contribution is 2.27. The molecule has 0 radical (unpaired) electrons. The SMILES string of the molecule is COCC(C)(NC(=O)c1ccc(-c2ccc(OC)cc2F)cc1F)C(=O)O. The van der Waals surface area contributed by atoms with Crippen LogP contribution < -0.4 is 10.1 Å². The lowest BCUT2D eigenvalue weighted by Crippen LogP contribution is -2.55. The van der Waals surface area contributed by atoms with Crippen molar-refractivity contribution in [1.29, 1.82) is 0 Å². The number of carbonyl (C=O) groups excluding carboxylic acids is 1. The minimum absolute atomic E-state index is 0.136. The Kier molecular flexibility index (Phi) is 6.12. The van der Waals surface area contributed by atoms with E-state index in [0.29, 0.717) is 5.75 Å². The average Bonchev–Trinajstić information content (AvgIpc) is 2.61. The summed E-state index contributed by atoms with van der Waals surface area (Å²) in [5, 5.41) is 11.5. The molecule has 6 nitrogen and oxygen atoms in total. The molecule has 1 amide bonds. The molecule has 0 saturated heterocycles. The highest BCUT2D eigenvalue weighted by atomic mass is 19.1. The third-order valence-electron chi connectivity index (χ3n) is 4.00. The number of carboxylic acid groups (broad SMARTS) is 1. The van der Waals surface area contributed by atoms with Gasteiger partial charge in [0.25, 0.3) is 5.91 Å². The lowest BCUT2D eigenvalue weighted by molar-refractivity contribution is -0.145. The number of hydrogen-bond acceptors (Lipinski definition) is 4. The van der Waals surface area contributed by atoms with Gasteiger partial charge in [-0.3, -0.25) is 4.79 Å². The van der Waals surface area contributed by atoms with E-state index in [2.05, 4.69) is 5.32 Å². The third-order valence-corrected chi connectivity index (χ3v) is 4.00. The molecule has 2 aromatic carbocycles. The first-order valence-electron chi connectivity index (χ1n) is 7.90. The molecule has 0 bridgehead atoms. The number of ether oxygens (including phenoxy) is 2. The number of carboxylic acids is 1. The van der Waals surface area contributed by atoms with Crippen LogP contribution in [-0.2, 0) is 9.53 Å². The molecule has 1 atom stereocenters. The van der Waals surface area contributed by atoms with Gasteiger partial charge in [0.15, 0.2) is 5.54 Å². The molecular formula is C19H19F2NO5. The minimum atomic E-state index is -1.72. The maximum Gasteiger partial charge on any atom is 0.331 e. The largest absolute Gasteiger partial charge is 0.497 e. The molecule has 0 aromatic heterocycles. The summed E-state index contributed by atoms with van der Waals surface area (Å²) >= 11 is 0. The molecule has 8 heteroatoms. The van der Waals surface area contributed by atoms with E-state index in [4.69, 9.17) is 9.47 Å². The molecule has 2 aromatic rings. The lowest BCUT2D eigenvalue weighted by Gasteiger charge is -2.25. The van der Waals surface area contributed by atoms with E-state index >= 15 is 0 Å². The van der Waals surface area contributed by atoms with Crippen molar-refractivity contribution in [3.8, 4) is 16.9 Å². The van der Waals surface area contributed by atoms with E-state index in [9.17, 15) is 23.5 Å². The van der Waals surface area contributed by atoms with Crippen LogP contribution in [0.5, 0.6) is 5.75 Å². The second-order valence-corrected chi connectivity index (χ2v) is 6.06. The zero-order valence-electron chi connectivity index (χ0n) is 15.0. The first kappa shape index (κ1) is 20.3. The Hall–Kier alpha value is -3.00. The van der Waals surface area contributed by atoms with E-state index in [0.717, 1.165) is 12.1 Å². The van der Waals surface area contributed by atoms with Gasteiger partial charge < -0.3 is 19.9 Å². The van der Waals surface area contributed by atoms with Crippen molar-refractivity contribution in [2.75, 3.05) is 20.8 Å².